The quantitative estimate of drug-likeness (QED) is 0.818. The molecule has 98 valence electrons. The Kier molecular flexibility index (Phi) is 3.25. The molecule has 1 fully saturated rings. The van der Waals surface area contributed by atoms with Crippen molar-refractivity contribution in [3.63, 3.8) is 0 Å². The fraction of sp³-hybridized carbons (Fsp3) is 0.500. The molecule has 2 unspecified atom stereocenters. The van der Waals surface area contributed by atoms with Crippen molar-refractivity contribution in [1.82, 2.24) is 0 Å². The van der Waals surface area contributed by atoms with Crippen molar-refractivity contribution in [2.75, 3.05) is 13.2 Å². The third-order valence-electron chi connectivity index (χ3n) is 3.70. The van der Waals surface area contributed by atoms with Gasteiger partial charge in [-0.05, 0) is 38.0 Å². The van der Waals surface area contributed by atoms with Crippen LogP contribution in [0.1, 0.15) is 28.4 Å². The number of benzene rings is 1. The first-order valence-electron chi connectivity index (χ1n) is 6.01. The highest BCUT2D eigenvalue weighted by molar-refractivity contribution is 6.02. The summed E-state index contributed by atoms with van der Waals surface area (Å²) in [7, 11) is 0. The van der Waals surface area contributed by atoms with Crippen LogP contribution in [0.4, 0.5) is 4.39 Å². The zero-order valence-electron chi connectivity index (χ0n) is 10.9. The number of carbonyl (C=O) groups excluding carboxylic acids is 1. The SMILES string of the molecule is Cc1cc(C)c(C(=O)C2(C)COCC2N)c(F)c1. The minimum Gasteiger partial charge on any atom is -0.379 e. The average molecular weight is 251 g/mol. The summed E-state index contributed by atoms with van der Waals surface area (Å²) in [5.74, 6) is -0.736. The van der Waals surface area contributed by atoms with E-state index in [2.05, 4.69) is 0 Å². The van der Waals surface area contributed by atoms with Crippen LogP contribution in [0.5, 0.6) is 0 Å². The normalized spacial score (nSPS) is 27.5. The maximum atomic E-state index is 14.0. The van der Waals surface area contributed by atoms with E-state index < -0.39 is 11.2 Å². The highest BCUT2D eigenvalue weighted by Gasteiger charge is 2.45. The van der Waals surface area contributed by atoms with E-state index in [0.29, 0.717) is 12.2 Å². The lowest BCUT2D eigenvalue weighted by Gasteiger charge is -2.26. The van der Waals surface area contributed by atoms with E-state index in [4.69, 9.17) is 10.5 Å². The minimum absolute atomic E-state index is 0.143. The first-order valence-corrected chi connectivity index (χ1v) is 6.01. The van der Waals surface area contributed by atoms with Gasteiger partial charge in [0.25, 0.3) is 0 Å². The predicted molar refractivity (Wildman–Crippen MR) is 67.1 cm³/mol. The standard InChI is InChI=1S/C14H18FNO2/c1-8-4-9(2)12(10(15)5-8)13(17)14(3)7-18-6-11(14)16/h4-5,11H,6-7,16H2,1-3H3. The number of halogens is 1. The molecule has 0 radical (unpaired) electrons. The van der Waals surface area contributed by atoms with Crippen molar-refractivity contribution in [3.05, 3.63) is 34.6 Å². The van der Waals surface area contributed by atoms with Gasteiger partial charge in [0.1, 0.15) is 5.82 Å². The summed E-state index contributed by atoms with van der Waals surface area (Å²) in [5.41, 5.74) is 6.68. The molecule has 0 aromatic heterocycles. The van der Waals surface area contributed by atoms with E-state index in [1.165, 1.54) is 6.07 Å². The third-order valence-corrected chi connectivity index (χ3v) is 3.70. The summed E-state index contributed by atoms with van der Waals surface area (Å²) in [5, 5.41) is 0. The second kappa shape index (κ2) is 4.44. The van der Waals surface area contributed by atoms with E-state index in [0.717, 1.165) is 5.56 Å². The van der Waals surface area contributed by atoms with Gasteiger partial charge in [0.2, 0.25) is 0 Å². The fourth-order valence-corrected chi connectivity index (χ4v) is 2.41. The number of hydrogen-bond donors (Lipinski definition) is 1. The predicted octanol–water partition coefficient (Wildman–Crippen LogP) is 1.99. The van der Waals surface area contributed by atoms with Gasteiger partial charge >= 0.3 is 0 Å². The molecule has 1 aliphatic heterocycles. The van der Waals surface area contributed by atoms with Gasteiger partial charge in [-0.15, -0.1) is 0 Å². The Morgan fingerprint density at radius 1 is 1.50 bits per heavy atom. The van der Waals surface area contributed by atoms with Crippen molar-refractivity contribution >= 4 is 5.78 Å². The van der Waals surface area contributed by atoms with Crippen molar-refractivity contribution in [2.24, 2.45) is 11.1 Å². The van der Waals surface area contributed by atoms with Gasteiger partial charge in [-0.1, -0.05) is 6.07 Å². The highest BCUT2D eigenvalue weighted by atomic mass is 19.1. The Bertz CT molecular complexity index is 478. The maximum Gasteiger partial charge on any atom is 0.175 e. The fourth-order valence-electron chi connectivity index (χ4n) is 2.41. The molecule has 4 heteroatoms. The van der Waals surface area contributed by atoms with E-state index in [-0.39, 0.29) is 24.0 Å². The lowest BCUT2D eigenvalue weighted by atomic mass is 9.77. The molecule has 3 nitrogen and oxygen atoms in total. The zero-order chi connectivity index (χ0) is 13.5. The summed E-state index contributed by atoms with van der Waals surface area (Å²) in [4.78, 5) is 12.5. The zero-order valence-corrected chi connectivity index (χ0v) is 10.9. The van der Waals surface area contributed by atoms with Gasteiger partial charge in [0.05, 0.1) is 24.2 Å². The second-order valence-electron chi connectivity index (χ2n) is 5.31. The number of carbonyl (C=O) groups is 1. The van der Waals surface area contributed by atoms with Gasteiger partial charge in [-0.25, -0.2) is 4.39 Å². The molecule has 0 bridgehead atoms. The van der Waals surface area contributed by atoms with Crippen molar-refractivity contribution in [2.45, 2.75) is 26.8 Å². The van der Waals surface area contributed by atoms with Gasteiger partial charge in [0.15, 0.2) is 5.78 Å². The number of ketones is 1. The number of aryl methyl sites for hydroxylation is 2. The topological polar surface area (TPSA) is 52.3 Å². The Morgan fingerprint density at radius 2 is 2.17 bits per heavy atom. The van der Waals surface area contributed by atoms with Crippen molar-refractivity contribution in [1.29, 1.82) is 0 Å². The number of Topliss-reactive ketones (excluding diaryl/α,β-unsaturated/α-hetero) is 1. The van der Waals surface area contributed by atoms with E-state index in [1.807, 2.05) is 0 Å². The van der Waals surface area contributed by atoms with E-state index >= 15 is 0 Å². The molecule has 1 heterocycles. The van der Waals surface area contributed by atoms with Crippen LogP contribution in [0.3, 0.4) is 0 Å². The van der Waals surface area contributed by atoms with Crippen LogP contribution in [0.15, 0.2) is 12.1 Å². The summed E-state index contributed by atoms with van der Waals surface area (Å²) in [6.45, 7) is 5.88. The van der Waals surface area contributed by atoms with Crippen LogP contribution in [0, 0.1) is 25.1 Å². The van der Waals surface area contributed by atoms with Gasteiger partial charge < -0.3 is 10.5 Å². The minimum atomic E-state index is -0.832. The van der Waals surface area contributed by atoms with Crippen LogP contribution >= 0.6 is 0 Å². The third kappa shape index (κ3) is 1.95. The summed E-state index contributed by atoms with van der Waals surface area (Å²) >= 11 is 0. The molecule has 0 aliphatic carbocycles. The van der Waals surface area contributed by atoms with Crippen LogP contribution < -0.4 is 5.73 Å². The van der Waals surface area contributed by atoms with Gasteiger partial charge in [-0.3, -0.25) is 4.79 Å². The molecule has 0 amide bonds. The summed E-state index contributed by atoms with van der Waals surface area (Å²) in [6, 6.07) is 2.80. The molecule has 2 N–H and O–H groups in total. The number of rotatable bonds is 2. The number of ether oxygens (including phenoxy) is 1. The molecule has 1 aromatic rings. The Balaban J connectivity index is 2.47. The molecular formula is C14H18FNO2. The maximum absolute atomic E-state index is 14.0. The lowest BCUT2D eigenvalue weighted by Crippen LogP contribution is -2.44. The van der Waals surface area contributed by atoms with Crippen LogP contribution in [0.2, 0.25) is 0 Å². The lowest BCUT2D eigenvalue weighted by molar-refractivity contribution is 0.0762. The largest absolute Gasteiger partial charge is 0.379 e. The highest BCUT2D eigenvalue weighted by Crippen LogP contribution is 2.33. The molecular weight excluding hydrogens is 233 g/mol. The smallest absolute Gasteiger partial charge is 0.175 e. The second-order valence-corrected chi connectivity index (χ2v) is 5.31. The summed E-state index contributed by atoms with van der Waals surface area (Å²) in [6.07, 6.45) is 0. The Labute approximate surface area is 106 Å². The molecule has 0 spiro atoms. The molecule has 2 atom stereocenters. The first-order chi connectivity index (χ1) is 8.36. The summed E-state index contributed by atoms with van der Waals surface area (Å²) < 4.78 is 19.3. The first kappa shape index (κ1) is 13.2. The number of hydrogen-bond acceptors (Lipinski definition) is 3. The van der Waals surface area contributed by atoms with E-state index in [9.17, 15) is 9.18 Å². The monoisotopic (exact) mass is 251 g/mol. The Hall–Kier alpha value is -1.26. The van der Waals surface area contributed by atoms with Gasteiger partial charge in [0, 0.05) is 6.04 Å². The van der Waals surface area contributed by atoms with Crippen LogP contribution in [0.25, 0.3) is 0 Å². The Morgan fingerprint density at radius 3 is 2.67 bits per heavy atom. The molecule has 1 aliphatic rings. The van der Waals surface area contributed by atoms with Crippen LogP contribution in [-0.4, -0.2) is 25.0 Å². The molecule has 2 rings (SSSR count). The van der Waals surface area contributed by atoms with Crippen molar-refractivity contribution < 1.29 is 13.9 Å². The van der Waals surface area contributed by atoms with Crippen LogP contribution in [-0.2, 0) is 4.74 Å². The molecule has 0 saturated carbocycles. The number of nitrogens with two attached hydrogens (primary N) is 1. The van der Waals surface area contributed by atoms with E-state index in [1.54, 1.807) is 26.8 Å². The van der Waals surface area contributed by atoms with Gasteiger partial charge in [-0.2, -0.15) is 0 Å². The molecule has 1 saturated heterocycles. The molecule has 18 heavy (non-hydrogen) atoms. The molecule has 1 aromatic carbocycles. The average Bonchev–Trinajstić information content (AvgIpc) is 2.59. The van der Waals surface area contributed by atoms with Crippen molar-refractivity contribution in [3.8, 4) is 0 Å².